The molecule has 1 unspecified atom stereocenters. The number of nitro benzene ring substituents is 1. The molecule has 8 heteroatoms. The SMILES string of the molecule is O=C(c1ccc([N+](=O)[O-])cc1)N1CCCC(Oc2ccncn2)C1. The number of hydrogen-bond donors (Lipinski definition) is 0. The number of carbonyl (C=O) groups is 1. The van der Waals surface area contributed by atoms with Crippen LogP contribution in [0.2, 0.25) is 0 Å². The Kier molecular flexibility index (Phi) is 4.64. The highest BCUT2D eigenvalue weighted by molar-refractivity contribution is 5.94. The number of nitrogens with zero attached hydrogens (tertiary/aromatic N) is 4. The number of amides is 1. The van der Waals surface area contributed by atoms with E-state index >= 15 is 0 Å². The van der Waals surface area contributed by atoms with Crippen LogP contribution in [0.25, 0.3) is 0 Å². The molecule has 2 aromatic rings. The van der Waals surface area contributed by atoms with E-state index in [1.165, 1.54) is 30.6 Å². The van der Waals surface area contributed by atoms with Crippen LogP contribution in [0.5, 0.6) is 5.88 Å². The third kappa shape index (κ3) is 3.65. The first-order valence-electron chi connectivity index (χ1n) is 7.60. The molecule has 1 aromatic heterocycles. The summed E-state index contributed by atoms with van der Waals surface area (Å²) in [5.74, 6) is 0.334. The molecule has 24 heavy (non-hydrogen) atoms. The molecular formula is C16H16N4O4. The second kappa shape index (κ2) is 7.03. The summed E-state index contributed by atoms with van der Waals surface area (Å²) in [6.45, 7) is 1.10. The fourth-order valence-electron chi connectivity index (χ4n) is 2.65. The highest BCUT2D eigenvalue weighted by Gasteiger charge is 2.26. The lowest BCUT2D eigenvalue weighted by Gasteiger charge is -2.32. The summed E-state index contributed by atoms with van der Waals surface area (Å²) in [7, 11) is 0. The van der Waals surface area contributed by atoms with Crippen molar-refractivity contribution in [3.05, 3.63) is 58.5 Å². The number of rotatable bonds is 4. The summed E-state index contributed by atoms with van der Waals surface area (Å²) in [5.41, 5.74) is 0.401. The van der Waals surface area contributed by atoms with E-state index in [2.05, 4.69) is 9.97 Å². The predicted octanol–water partition coefficient (Wildman–Crippen LogP) is 2.07. The minimum atomic E-state index is -0.485. The molecule has 1 aromatic carbocycles. The van der Waals surface area contributed by atoms with Gasteiger partial charge in [0.1, 0.15) is 12.4 Å². The molecule has 0 N–H and O–H groups in total. The first-order chi connectivity index (χ1) is 11.6. The number of likely N-dealkylation sites (tertiary alicyclic amines) is 1. The lowest BCUT2D eigenvalue weighted by Crippen LogP contribution is -2.44. The molecule has 2 heterocycles. The number of aromatic nitrogens is 2. The van der Waals surface area contributed by atoms with Crippen LogP contribution >= 0.6 is 0 Å². The average molecular weight is 328 g/mol. The Balaban J connectivity index is 1.65. The number of piperidine rings is 1. The van der Waals surface area contributed by atoms with Crippen LogP contribution in [0.1, 0.15) is 23.2 Å². The zero-order valence-corrected chi connectivity index (χ0v) is 12.9. The van der Waals surface area contributed by atoms with Crippen molar-refractivity contribution >= 4 is 11.6 Å². The monoisotopic (exact) mass is 328 g/mol. The van der Waals surface area contributed by atoms with Gasteiger partial charge in [-0.25, -0.2) is 9.97 Å². The lowest BCUT2D eigenvalue weighted by atomic mass is 10.1. The van der Waals surface area contributed by atoms with Crippen LogP contribution in [-0.4, -0.2) is 44.9 Å². The maximum atomic E-state index is 12.6. The van der Waals surface area contributed by atoms with Crippen LogP contribution < -0.4 is 4.74 Å². The van der Waals surface area contributed by atoms with Crippen LogP contribution in [-0.2, 0) is 0 Å². The van der Waals surface area contributed by atoms with Crippen molar-refractivity contribution in [2.75, 3.05) is 13.1 Å². The van der Waals surface area contributed by atoms with Crippen molar-refractivity contribution in [3.8, 4) is 5.88 Å². The zero-order chi connectivity index (χ0) is 16.9. The number of non-ortho nitro benzene ring substituents is 1. The van der Waals surface area contributed by atoms with E-state index in [4.69, 9.17) is 4.74 Å². The average Bonchev–Trinajstić information content (AvgIpc) is 2.62. The summed E-state index contributed by atoms with van der Waals surface area (Å²) >= 11 is 0. The molecule has 124 valence electrons. The molecule has 1 fully saturated rings. The van der Waals surface area contributed by atoms with E-state index in [-0.39, 0.29) is 17.7 Å². The quantitative estimate of drug-likeness (QED) is 0.629. The highest BCUT2D eigenvalue weighted by atomic mass is 16.6. The molecule has 0 spiro atoms. The first-order valence-corrected chi connectivity index (χ1v) is 7.60. The molecule has 1 amide bonds. The van der Waals surface area contributed by atoms with Gasteiger partial charge >= 0.3 is 0 Å². The normalized spacial score (nSPS) is 17.3. The molecule has 1 saturated heterocycles. The standard InChI is InChI=1S/C16H16N4O4/c21-16(12-3-5-13(6-4-12)20(22)23)19-9-1-2-14(10-19)24-15-7-8-17-11-18-15/h3-8,11,14H,1-2,9-10H2. The van der Waals surface area contributed by atoms with Gasteiger partial charge in [-0.1, -0.05) is 0 Å². The fraction of sp³-hybridized carbons (Fsp3) is 0.312. The van der Waals surface area contributed by atoms with Gasteiger partial charge < -0.3 is 9.64 Å². The summed E-state index contributed by atoms with van der Waals surface area (Å²) < 4.78 is 5.79. The van der Waals surface area contributed by atoms with E-state index in [1.54, 1.807) is 17.2 Å². The van der Waals surface area contributed by atoms with E-state index in [0.29, 0.717) is 24.5 Å². The lowest BCUT2D eigenvalue weighted by molar-refractivity contribution is -0.384. The molecule has 0 aliphatic carbocycles. The molecule has 0 saturated carbocycles. The van der Waals surface area contributed by atoms with Crippen molar-refractivity contribution in [2.24, 2.45) is 0 Å². The van der Waals surface area contributed by atoms with Crippen LogP contribution in [0.3, 0.4) is 0 Å². The number of hydrogen-bond acceptors (Lipinski definition) is 6. The van der Waals surface area contributed by atoms with Gasteiger partial charge in [0.25, 0.3) is 11.6 Å². The molecule has 3 rings (SSSR count). The van der Waals surface area contributed by atoms with E-state index in [9.17, 15) is 14.9 Å². The van der Waals surface area contributed by atoms with Crippen molar-refractivity contribution in [3.63, 3.8) is 0 Å². The van der Waals surface area contributed by atoms with Gasteiger partial charge in [0.05, 0.1) is 11.5 Å². The second-order valence-corrected chi connectivity index (χ2v) is 5.48. The number of benzene rings is 1. The number of nitro groups is 1. The molecule has 1 aliphatic heterocycles. The molecule has 0 radical (unpaired) electrons. The van der Waals surface area contributed by atoms with Crippen molar-refractivity contribution in [2.45, 2.75) is 18.9 Å². The van der Waals surface area contributed by atoms with Gasteiger partial charge in [0.2, 0.25) is 5.88 Å². The van der Waals surface area contributed by atoms with E-state index < -0.39 is 4.92 Å². The minimum absolute atomic E-state index is 0.0323. The Hall–Kier alpha value is -3.03. The topological polar surface area (TPSA) is 98.5 Å². The van der Waals surface area contributed by atoms with Gasteiger partial charge in [0.15, 0.2) is 0 Å². The summed E-state index contributed by atoms with van der Waals surface area (Å²) in [4.78, 5) is 32.3. The van der Waals surface area contributed by atoms with Crippen molar-refractivity contribution < 1.29 is 14.5 Å². The smallest absolute Gasteiger partial charge is 0.269 e. The van der Waals surface area contributed by atoms with Crippen LogP contribution in [0.4, 0.5) is 5.69 Å². The van der Waals surface area contributed by atoms with E-state index in [0.717, 1.165) is 12.8 Å². The molecule has 8 nitrogen and oxygen atoms in total. The van der Waals surface area contributed by atoms with E-state index in [1.807, 2.05) is 0 Å². The third-order valence-electron chi connectivity index (χ3n) is 3.83. The molecule has 0 bridgehead atoms. The summed E-state index contributed by atoms with van der Waals surface area (Å²) in [5, 5.41) is 10.7. The molecule has 1 aliphatic rings. The Labute approximate surface area is 138 Å². The number of carbonyl (C=O) groups excluding carboxylic acids is 1. The number of ether oxygens (including phenoxy) is 1. The predicted molar refractivity (Wildman–Crippen MR) is 84.7 cm³/mol. The maximum absolute atomic E-state index is 12.6. The first kappa shape index (κ1) is 15.9. The summed E-state index contributed by atoms with van der Waals surface area (Å²) in [6, 6.07) is 7.32. The Bertz CT molecular complexity index is 721. The Morgan fingerprint density at radius 2 is 2.08 bits per heavy atom. The second-order valence-electron chi connectivity index (χ2n) is 5.48. The van der Waals surface area contributed by atoms with Crippen molar-refractivity contribution in [1.82, 2.24) is 14.9 Å². The van der Waals surface area contributed by atoms with Gasteiger partial charge in [-0.05, 0) is 25.0 Å². The van der Waals surface area contributed by atoms with Gasteiger partial charge in [0, 0.05) is 36.5 Å². The van der Waals surface area contributed by atoms with Crippen LogP contribution in [0, 0.1) is 10.1 Å². The van der Waals surface area contributed by atoms with Crippen molar-refractivity contribution in [1.29, 1.82) is 0 Å². The van der Waals surface area contributed by atoms with Gasteiger partial charge in [-0.2, -0.15) is 0 Å². The Morgan fingerprint density at radius 1 is 1.29 bits per heavy atom. The summed E-state index contributed by atoms with van der Waals surface area (Å²) in [6.07, 6.45) is 4.56. The third-order valence-corrected chi connectivity index (χ3v) is 3.83. The van der Waals surface area contributed by atoms with Crippen LogP contribution in [0.15, 0.2) is 42.9 Å². The molecule has 1 atom stereocenters. The maximum Gasteiger partial charge on any atom is 0.269 e. The van der Waals surface area contributed by atoms with Gasteiger partial charge in [-0.15, -0.1) is 0 Å². The highest BCUT2D eigenvalue weighted by Crippen LogP contribution is 2.19. The molecular weight excluding hydrogens is 312 g/mol. The fourth-order valence-corrected chi connectivity index (χ4v) is 2.65. The zero-order valence-electron chi connectivity index (χ0n) is 12.9. The largest absolute Gasteiger partial charge is 0.472 e. The minimum Gasteiger partial charge on any atom is -0.472 e. The van der Waals surface area contributed by atoms with Gasteiger partial charge in [-0.3, -0.25) is 14.9 Å². The Morgan fingerprint density at radius 3 is 2.75 bits per heavy atom.